The van der Waals surface area contributed by atoms with Crippen LogP contribution in [0.25, 0.3) is 0 Å². The minimum absolute atomic E-state index is 0.188. The van der Waals surface area contributed by atoms with E-state index in [1.807, 2.05) is 53.4 Å². The molecule has 0 spiro atoms. The van der Waals surface area contributed by atoms with Gasteiger partial charge in [0.05, 0.1) is 5.69 Å². The third-order valence-corrected chi connectivity index (χ3v) is 5.72. The summed E-state index contributed by atoms with van der Waals surface area (Å²) in [5, 5.41) is 3.41. The number of nitrogens with one attached hydrogen (secondary N) is 1. The van der Waals surface area contributed by atoms with E-state index >= 15 is 0 Å². The monoisotopic (exact) mass is 446 g/mol. The summed E-state index contributed by atoms with van der Waals surface area (Å²) in [5.41, 5.74) is 2.45. The second kappa shape index (κ2) is 10.6. The van der Waals surface area contributed by atoms with Gasteiger partial charge in [0.25, 0.3) is 0 Å². The Balaban J connectivity index is 1.45. The Labute approximate surface area is 190 Å². The van der Waals surface area contributed by atoms with Crippen molar-refractivity contribution in [1.82, 2.24) is 9.36 Å². The smallest absolute Gasteiger partial charge is 0.226 e. The first kappa shape index (κ1) is 21.6. The zero-order valence-corrected chi connectivity index (χ0v) is 18.3. The van der Waals surface area contributed by atoms with Crippen LogP contribution in [0.1, 0.15) is 23.4 Å². The van der Waals surface area contributed by atoms with Crippen molar-refractivity contribution < 1.29 is 9.18 Å². The largest absolute Gasteiger partial charge is 0.342 e. The molecule has 0 atom stereocenters. The third-order valence-electron chi connectivity index (χ3n) is 4.91. The fourth-order valence-electron chi connectivity index (χ4n) is 3.28. The summed E-state index contributed by atoms with van der Waals surface area (Å²) in [4.78, 5) is 19.2. The number of hydrogen-bond donors (Lipinski definition) is 1. The predicted molar refractivity (Wildman–Crippen MR) is 126 cm³/mol. The molecule has 5 nitrogen and oxygen atoms in total. The number of benzene rings is 3. The number of anilines is 2. The Morgan fingerprint density at radius 2 is 1.56 bits per heavy atom. The lowest BCUT2D eigenvalue weighted by Gasteiger charge is -2.21. The summed E-state index contributed by atoms with van der Waals surface area (Å²) >= 11 is 1.33. The molecule has 1 amide bonds. The summed E-state index contributed by atoms with van der Waals surface area (Å²) in [6.45, 7) is 1.04. The van der Waals surface area contributed by atoms with Crippen molar-refractivity contribution >= 4 is 28.3 Å². The van der Waals surface area contributed by atoms with Crippen molar-refractivity contribution in [2.75, 3.05) is 16.8 Å². The second-order valence-electron chi connectivity index (χ2n) is 7.34. The SMILES string of the molecule is O=C(CCN(Cc1ccccc1)c1nc(Cc2ccccc2)ns1)Nc1ccccc1F. The summed E-state index contributed by atoms with van der Waals surface area (Å²) in [5.74, 6) is 0.0592. The molecule has 32 heavy (non-hydrogen) atoms. The molecule has 0 bridgehead atoms. The maximum absolute atomic E-state index is 13.8. The van der Waals surface area contributed by atoms with Gasteiger partial charge in [-0.25, -0.2) is 9.37 Å². The van der Waals surface area contributed by atoms with Crippen LogP contribution in [0.4, 0.5) is 15.2 Å². The van der Waals surface area contributed by atoms with Crippen LogP contribution in [0.5, 0.6) is 0 Å². The first-order valence-corrected chi connectivity index (χ1v) is 11.1. The van der Waals surface area contributed by atoms with Gasteiger partial charge >= 0.3 is 0 Å². The number of para-hydroxylation sites is 1. The summed E-state index contributed by atoms with van der Waals surface area (Å²) in [6.07, 6.45) is 0.860. The zero-order chi connectivity index (χ0) is 22.2. The van der Waals surface area contributed by atoms with Gasteiger partial charge in [0.1, 0.15) is 11.6 Å². The molecule has 1 aromatic heterocycles. The number of halogens is 1. The predicted octanol–water partition coefficient (Wildman–Crippen LogP) is 5.30. The summed E-state index contributed by atoms with van der Waals surface area (Å²) < 4.78 is 18.4. The van der Waals surface area contributed by atoms with Gasteiger partial charge in [0.2, 0.25) is 11.0 Å². The molecule has 4 rings (SSSR count). The van der Waals surface area contributed by atoms with Crippen molar-refractivity contribution in [2.24, 2.45) is 0 Å². The molecule has 0 saturated carbocycles. The molecule has 7 heteroatoms. The second-order valence-corrected chi connectivity index (χ2v) is 8.07. The molecule has 162 valence electrons. The first-order chi connectivity index (χ1) is 15.7. The van der Waals surface area contributed by atoms with Gasteiger partial charge in [-0.05, 0) is 23.3 Å². The van der Waals surface area contributed by atoms with Crippen molar-refractivity contribution in [1.29, 1.82) is 0 Å². The molecule has 0 radical (unpaired) electrons. The number of rotatable bonds is 9. The van der Waals surface area contributed by atoms with E-state index in [0.717, 1.165) is 22.1 Å². The fraction of sp³-hybridized carbons (Fsp3) is 0.160. The van der Waals surface area contributed by atoms with E-state index < -0.39 is 5.82 Å². The van der Waals surface area contributed by atoms with Crippen LogP contribution in [-0.2, 0) is 17.8 Å². The van der Waals surface area contributed by atoms with Crippen molar-refractivity contribution in [2.45, 2.75) is 19.4 Å². The minimum Gasteiger partial charge on any atom is -0.342 e. The quantitative estimate of drug-likeness (QED) is 0.379. The normalized spacial score (nSPS) is 10.7. The molecule has 1 N–H and O–H groups in total. The van der Waals surface area contributed by atoms with E-state index in [4.69, 9.17) is 4.98 Å². The Morgan fingerprint density at radius 3 is 2.28 bits per heavy atom. The van der Waals surface area contributed by atoms with Gasteiger partial charge in [-0.3, -0.25) is 4.79 Å². The van der Waals surface area contributed by atoms with Gasteiger partial charge in [-0.1, -0.05) is 72.8 Å². The minimum atomic E-state index is -0.448. The van der Waals surface area contributed by atoms with Crippen molar-refractivity contribution in [3.8, 4) is 0 Å². The fourth-order valence-corrected chi connectivity index (χ4v) is 3.99. The molecular formula is C25H23FN4OS. The van der Waals surface area contributed by atoms with Crippen LogP contribution in [0.2, 0.25) is 0 Å². The highest BCUT2D eigenvalue weighted by molar-refractivity contribution is 7.09. The molecule has 1 heterocycles. The Morgan fingerprint density at radius 1 is 0.906 bits per heavy atom. The molecule has 3 aromatic carbocycles. The van der Waals surface area contributed by atoms with Gasteiger partial charge < -0.3 is 10.2 Å². The average molecular weight is 447 g/mol. The highest BCUT2D eigenvalue weighted by Crippen LogP contribution is 2.22. The highest BCUT2D eigenvalue weighted by atomic mass is 32.1. The van der Waals surface area contributed by atoms with E-state index in [9.17, 15) is 9.18 Å². The van der Waals surface area contributed by atoms with Crippen molar-refractivity contribution in [3.05, 3.63) is 108 Å². The van der Waals surface area contributed by atoms with Gasteiger partial charge in [0, 0.05) is 37.5 Å². The number of amides is 1. The summed E-state index contributed by atoms with van der Waals surface area (Å²) in [6, 6.07) is 26.3. The molecular weight excluding hydrogens is 423 g/mol. The van der Waals surface area contributed by atoms with Crippen molar-refractivity contribution in [3.63, 3.8) is 0 Å². The number of carbonyl (C=O) groups excluding carboxylic acids is 1. The number of carbonyl (C=O) groups is 1. The van der Waals surface area contributed by atoms with Crippen LogP contribution in [0.15, 0.2) is 84.9 Å². The lowest BCUT2D eigenvalue weighted by Crippen LogP contribution is -2.27. The van der Waals surface area contributed by atoms with Crippen LogP contribution < -0.4 is 10.2 Å². The molecule has 0 aliphatic rings. The Bertz CT molecular complexity index is 1150. The highest BCUT2D eigenvalue weighted by Gasteiger charge is 2.16. The first-order valence-electron chi connectivity index (χ1n) is 10.4. The van der Waals surface area contributed by atoms with Crippen LogP contribution in [-0.4, -0.2) is 21.8 Å². The summed E-state index contributed by atoms with van der Waals surface area (Å²) in [7, 11) is 0. The average Bonchev–Trinajstić information content (AvgIpc) is 3.28. The van der Waals surface area contributed by atoms with E-state index in [-0.39, 0.29) is 18.0 Å². The standard InChI is InChI=1S/C25H23FN4OS/c26-21-13-7-8-14-22(21)27-24(31)15-16-30(18-20-11-5-2-6-12-20)25-28-23(29-32-25)17-19-9-3-1-4-10-19/h1-14H,15-18H2,(H,27,31). The molecule has 0 fully saturated rings. The Hall–Kier alpha value is -3.58. The molecule has 0 unspecified atom stereocenters. The maximum Gasteiger partial charge on any atom is 0.226 e. The maximum atomic E-state index is 13.8. The third kappa shape index (κ3) is 5.98. The number of aromatic nitrogens is 2. The topological polar surface area (TPSA) is 58.1 Å². The number of hydrogen-bond acceptors (Lipinski definition) is 5. The van der Waals surface area contributed by atoms with Crippen LogP contribution in [0, 0.1) is 5.82 Å². The van der Waals surface area contributed by atoms with E-state index in [2.05, 4.69) is 21.8 Å². The van der Waals surface area contributed by atoms with Gasteiger partial charge in [-0.15, -0.1) is 0 Å². The van der Waals surface area contributed by atoms with E-state index in [0.29, 0.717) is 19.5 Å². The molecule has 0 saturated heterocycles. The van der Waals surface area contributed by atoms with Gasteiger partial charge in [-0.2, -0.15) is 4.37 Å². The van der Waals surface area contributed by atoms with Crippen LogP contribution >= 0.6 is 11.5 Å². The molecule has 0 aliphatic heterocycles. The molecule has 4 aromatic rings. The molecule has 0 aliphatic carbocycles. The van der Waals surface area contributed by atoms with Crippen LogP contribution in [0.3, 0.4) is 0 Å². The van der Waals surface area contributed by atoms with E-state index in [1.54, 1.807) is 18.2 Å². The number of nitrogens with zero attached hydrogens (tertiary/aromatic N) is 3. The lowest BCUT2D eigenvalue weighted by atomic mass is 10.1. The Kier molecular flexibility index (Phi) is 7.19. The lowest BCUT2D eigenvalue weighted by molar-refractivity contribution is -0.116. The van der Waals surface area contributed by atoms with Gasteiger partial charge in [0.15, 0.2) is 0 Å². The van der Waals surface area contributed by atoms with E-state index in [1.165, 1.54) is 17.6 Å². The zero-order valence-electron chi connectivity index (χ0n) is 17.4.